The first-order chi connectivity index (χ1) is 9.78. The Hall–Kier alpha value is -0.370. The summed E-state index contributed by atoms with van der Waals surface area (Å²) in [7, 11) is 0. The molecular weight excluding hydrogens is 260 g/mol. The molecular formula is C19H30O2. The zero-order valence-electron chi connectivity index (χ0n) is 13.8. The summed E-state index contributed by atoms with van der Waals surface area (Å²) in [5.41, 5.74) is -0.0956. The fourth-order valence-corrected chi connectivity index (χ4v) is 7.16. The van der Waals surface area contributed by atoms with Gasteiger partial charge in [0, 0.05) is 12.8 Å². The number of carbonyl (C=O) groups excluding carboxylic acids is 1. The Labute approximate surface area is 128 Å². The van der Waals surface area contributed by atoms with E-state index in [9.17, 15) is 9.90 Å². The van der Waals surface area contributed by atoms with E-state index in [2.05, 4.69) is 20.8 Å². The molecule has 0 aromatic rings. The Morgan fingerprint density at radius 3 is 2.48 bits per heavy atom. The van der Waals surface area contributed by atoms with Gasteiger partial charge in [-0.1, -0.05) is 13.8 Å². The van der Waals surface area contributed by atoms with Gasteiger partial charge in [-0.3, -0.25) is 4.79 Å². The predicted molar refractivity (Wildman–Crippen MR) is 82.7 cm³/mol. The Bertz CT molecular complexity index is 482. The van der Waals surface area contributed by atoms with Crippen LogP contribution in [0.15, 0.2) is 0 Å². The summed E-state index contributed by atoms with van der Waals surface area (Å²) in [5, 5.41) is 10.9. The van der Waals surface area contributed by atoms with E-state index in [1.54, 1.807) is 0 Å². The van der Waals surface area contributed by atoms with Gasteiger partial charge in [0.15, 0.2) is 0 Å². The highest BCUT2D eigenvalue weighted by Crippen LogP contribution is 2.68. The second-order valence-electron chi connectivity index (χ2n) is 9.35. The van der Waals surface area contributed by atoms with E-state index >= 15 is 0 Å². The van der Waals surface area contributed by atoms with Gasteiger partial charge in [0.2, 0.25) is 0 Å². The third kappa shape index (κ3) is 1.66. The molecule has 0 amide bonds. The highest BCUT2D eigenvalue weighted by Gasteiger charge is 2.63. The minimum Gasteiger partial charge on any atom is -0.390 e. The van der Waals surface area contributed by atoms with Crippen molar-refractivity contribution >= 4 is 5.78 Å². The smallest absolute Gasteiger partial charge is 0.133 e. The Balaban J connectivity index is 1.68. The lowest BCUT2D eigenvalue weighted by Crippen LogP contribution is -2.53. The van der Waals surface area contributed by atoms with Crippen LogP contribution in [0.25, 0.3) is 0 Å². The lowest BCUT2D eigenvalue weighted by Gasteiger charge is -2.58. The van der Waals surface area contributed by atoms with Gasteiger partial charge in [-0.25, -0.2) is 0 Å². The molecule has 4 aliphatic carbocycles. The number of hydrogen-bond acceptors (Lipinski definition) is 2. The van der Waals surface area contributed by atoms with Gasteiger partial charge in [-0.2, -0.15) is 0 Å². The maximum absolute atomic E-state index is 12.0. The first-order valence-corrected chi connectivity index (χ1v) is 9.02. The fourth-order valence-electron chi connectivity index (χ4n) is 7.16. The highest BCUT2D eigenvalue weighted by molar-refractivity contribution is 5.82. The van der Waals surface area contributed by atoms with Crippen molar-refractivity contribution in [2.24, 2.45) is 34.5 Å². The Kier molecular flexibility index (Phi) is 2.80. The quantitative estimate of drug-likeness (QED) is 0.733. The number of aliphatic hydroxyl groups is 1. The monoisotopic (exact) mass is 290 g/mol. The van der Waals surface area contributed by atoms with Crippen LogP contribution >= 0.6 is 0 Å². The summed E-state index contributed by atoms with van der Waals surface area (Å²) in [6.07, 6.45) is 8.77. The van der Waals surface area contributed by atoms with Crippen LogP contribution in [-0.4, -0.2) is 16.5 Å². The molecule has 4 aliphatic rings. The topological polar surface area (TPSA) is 37.3 Å². The standard InChI is InChI=1S/C19H30O2/c1-17-11-13(20)10-12(17)4-5-14-15(17)6-8-18(2)16(14)7-9-19(18,3)21/h12,14-16,21H,4-11H2,1-3H3/t12-,14+,15-,16-,17-,18-,19-/m0/s1. The zero-order valence-corrected chi connectivity index (χ0v) is 13.8. The molecule has 2 heteroatoms. The number of ketones is 1. The molecule has 2 nitrogen and oxygen atoms in total. The highest BCUT2D eigenvalue weighted by atomic mass is 16.3. The molecule has 118 valence electrons. The van der Waals surface area contributed by atoms with Crippen molar-refractivity contribution in [3.63, 3.8) is 0 Å². The molecule has 0 aromatic carbocycles. The summed E-state index contributed by atoms with van der Waals surface area (Å²) in [6.45, 7) is 6.82. The third-order valence-corrected chi connectivity index (χ3v) is 8.68. The van der Waals surface area contributed by atoms with Crippen molar-refractivity contribution < 1.29 is 9.90 Å². The van der Waals surface area contributed by atoms with Gasteiger partial charge in [0.1, 0.15) is 5.78 Å². The number of carbonyl (C=O) groups is 1. The fraction of sp³-hybridized carbons (Fsp3) is 0.947. The van der Waals surface area contributed by atoms with Crippen LogP contribution in [-0.2, 0) is 4.79 Å². The van der Waals surface area contributed by atoms with E-state index in [-0.39, 0.29) is 10.8 Å². The predicted octanol–water partition coefficient (Wildman–Crippen LogP) is 3.96. The first kappa shape index (κ1) is 14.2. The molecule has 0 bridgehead atoms. The van der Waals surface area contributed by atoms with E-state index < -0.39 is 5.60 Å². The van der Waals surface area contributed by atoms with E-state index in [1.165, 1.54) is 25.7 Å². The first-order valence-electron chi connectivity index (χ1n) is 9.02. The molecule has 0 radical (unpaired) electrons. The van der Waals surface area contributed by atoms with Gasteiger partial charge < -0.3 is 5.11 Å². The van der Waals surface area contributed by atoms with Crippen molar-refractivity contribution in [1.29, 1.82) is 0 Å². The number of hydrogen-bond donors (Lipinski definition) is 1. The Morgan fingerprint density at radius 1 is 1.00 bits per heavy atom. The molecule has 4 fully saturated rings. The summed E-state index contributed by atoms with van der Waals surface area (Å²) in [6, 6.07) is 0. The SMILES string of the molecule is C[C@]12CC(=O)C[C@@H]1CC[C@@H]1[C@@H]2CC[C@@]2(C)[C@H]1CC[C@]2(C)O. The molecule has 21 heavy (non-hydrogen) atoms. The van der Waals surface area contributed by atoms with Crippen LogP contribution in [0, 0.1) is 34.5 Å². The molecule has 0 aliphatic heterocycles. The maximum atomic E-state index is 12.0. The molecule has 0 spiro atoms. The molecule has 4 rings (SSSR count). The Morgan fingerprint density at radius 2 is 1.71 bits per heavy atom. The van der Waals surface area contributed by atoms with Crippen molar-refractivity contribution in [2.45, 2.75) is 77.7 Å². The third-order valence-electron chi connectivity index (χ3n) is 8.68. The molecule has 0 saturated heterocycles. The second-order valence-corrected chi connectivity index (χ2v) is 9.35. The minimum atomic E-state index is -0.480. The van der Waals surface area contributed by atoms with Crippen LogP contribution in [0.3, 0.4) is 0 Å². The van der Waals surface area contributed by atoms with Crippen molar-refractivity contribution in [3.8, 4) is 0 Å². The summed E-state index contributed by atoms with van der Waals surface area (Å²) in [4.78, 5) is 12.0. The van der Waals surface area contributed by atoms with Gasteiger partial charge in [-0.15, -0.1) is 0 Å². The van der Waals surface area contributed by atoms with E-state index in [4.69, 9.17) is 0 Å². The molecule has 0 heterocycles. The normalized spacial score (nSPS) is 59.5. The van der Waals surface area contributed by atoms with Crippen molar-refractivity contribution in [3.05, 3.63) is 0 Å². The molecule has 0 unspecified atom stereocenters. The molecule has 7 atom stereocenters. The lowest BCUT2D eigenvalue weighted by molar-refractivity contribution is -0.134. The number of fused-ring (bicyclic) bond motifs is 5. The van der Waals surface area contributed by atoms with E-state index in [1.807, 2.05) is 0 Å². The van der Waals surface area contributed by atoms with E-state index in [0.717, 1.165) is 37.5 Å². The summed E-state index contributed by atoms with van der Waals surface area (Å²) in [5.74, 6) is 3.33. The molecule has 0 aromatic heterocycles. The maximum Gasteiger partial charge on any atom is 0.133 e. The van der Waals surface area contributed by atoms with Crippen molar-refractivity contribution in [1.82, 2.24) is 0 Å². The second kappa shape index (κ2) is 4.13. The van der Waals surface area contributed by atoms with Crippen LogP contribution in [0.1, 0.15) is 72.1 Å². The van der Waals surface area contributed by atoms with Gasteiger partial charge in [0.05, 0.1) is 5.60 Å². The average molecular weight is 290 g/mol. The summed E-state index contributed by atoms with van der Waals surface area (Å²) >= 11 is 0. The largest absolute Gasteiger partial charge is 0.390 e. The number of Topliss-reactive ketones (excluding diaryl/α,β-unsaturated/α-hetero) is 1. The van der Waals surface area contributed by atoms with Crippen LogP contribution in [0.2, 0.25) is 0 Å². The van der Waals surface area contributed by atoms with Crippen molar-refractivity contribution in [2.75, 3.05) is 0 Å². The zero-order chi connectivity index (χ0) is 15.0. The lowest BCUT2D eigenvalue weighted by atomic mass is 9.47. The molecule has 4 saturated carbocycles. The van der Waals surface area contributed by atoms with E-state index in [0.29, 0.717) is 17.6 Å². The van der Waals surface area contributed by atoms with Crippen LogP contribution < -0.4 is 0 Å². The van der Waals surface area contributed by atoms with Gasteiger partial charge in [-0.05, 0) is 80.0 Å². The molecule has 1 N–H and O–H groups in total. The van der Waals surface area contributed by atoms with Crippen LogP contribution in [0.5, 0.6) is 0 Å². The van der Waals surface area contributed by atoms with Crippen LogP contribution in [0.4, 0.5) is 0 Å². The average Bonchev–Trinajstić information content (AvgIpc) is 2.83. The minimum absolute atomic E-state index is 0.111. The van der Waals surface area contributed by atoms with Gasteiger partial charge >= 0.3 is 0 Å². The van der Waals surface area contributed by atoms with Gasteiger partial charge in [0.25, 0.3) is 0 Å². The summed E-state index contributed by atoms with van der Waals surface area (Å²) < 4.78 is 0. The number of rotatable bonds is 0.